The van der Waals surface area contributed by atoms with E-state index in [1.807, 2.05) is 0 Å². The maximum Gasteiger partial charge on any atom is 0.253 e. The Morgan fingerprint density at radius 3 is 2.41 bits per heavy atom. The van der Waals surface area contributed by atoms with Gasteiger partial charge in [-0.2, -0.15) is 0 Å². The molecule has 1 saturated heterocycles. The van der Waals surface area contributed by atoms with Crippen molar-refractivity contribution in [3.63, 3.8) is 0 Å². The lowest BCUT2D eigenvalue weighted by Gasteiger charge is -2.42. The van der Waals surface area contributed by atoms with E-state index in [2.05, 4.69) is 15.6 Å². The van der Waals surface area contributed by atoms with Gasteiger partial charge < -0.3 is 25.6 Å². The fourth-order valence-electron chi connectivity index (χ4n) is 4.75. The Morgan fingerprint density at radius 1 is 1.08 bits per heavy atom. The van der Waals surface area contributed by atoms with Crippen molar-refractivity contribution in [2.24, 2.45) is 0 Å². The summed E-state index contributed by atoms with van der Waals surface area (Å²) < 4.78 is 26.9. The van der Waals surface area contributed by atoms with E-state index in [9.17, 15) is 28.3 Å². The number of aromatic amines is 1. The third-order valence-corrected chi connectivity index (χ3v) is 6.93. The number of H-pyrrole nitrogens is 1. The van der Waals surface area contributed by atoms with Crippen molar-refractivity contribution in [3.8, 4) is 0 Å². The Bertz CT molecular complexity index is 1380. The molecule has 0 unspecified atom stereocenters. The summed E-state index contributed by atoms with van der Waals surface area (Å²) >= 11 is 0. The molecule has 8 nitrogen and oxygen atoms in total. The average Bonchev–Trinajstić information content (AvgIpc) is 3.29. The van der Waals surface area contributed by atoms with E-state index < -0.39 is 34.7 Å². The van der Waals surface area contributed by atoms with E-state index in [0.717, 1.165) is 16.5 Å². The van der Waals surface area contributed by atoms with Gasteiger partial charge in [0.15, 0.2) is 0 Å². The largest absolute Gasteiger partial charge is 0.381 e. The lowest BCUT2D eigenvalue weighted by molar-refractivity contribution is -0.151. The van der Waals surface area contributed by atoms with E-state index in [-0.39, 0.29) is 38.3 Å². The first-order chi connectivity index (χ1) is 18.5. The van der Waals surface area contributed by atoms with Crippen LogP contribution in [0.5, 0.6) is 0 Å². The molecule has 206 valence electrons. The molecule has 0 bridgehead atoms. The molecular weight excluding hydrogens is 506 g/mol. The van der Waals surface area contributed by atoms with Crippen molar-refractivity contribution in [1.82, 2.24) is 20.5 Å². The smallest absolute Gasteiger partial charge is 0.253 e. The van der Waals surface area contributed by atoms with Gasteiger partial charge in [-0.25, -0.2) is 8.78 Å². The number of carbonyl (C=O) groups is 3. The third-order valence-electron chi connectivity index (χ3n) is 6.93. The van der Waals surface area contributed by atoms with Crippen LogP contribution in [0.1, 0.15) is 37.8 Å². The van der Waals surface area contributed by atoms with E-state index >= 15 is 0 Å². The quantitative estimate of drug-likeness (QED) is 0.330. The van der Waals surface area contributed by atoms with Gasteiger partial charge in [0.2, 0.25) is 11.8 Å². The molecule has 1 fully saturated rings. The predicted octanol–water partition coefficient (Wildman–Crippen LogP) is 3.07. The summed E-state index contributed by atoms with van der Waals surface area (Å²) in [5.41, 5.74) is -0.588. The van der Waals surface area contributed by atoms with Gasteiger partial charge in [0.05, 0.1) is 0 Å². The van der Waals surface area contributed by atoms with Crippen molar-refractivity contribution in [2.45, 2.75) is 44.2 Å². The highest BCUT2D eigenvalue weighted by atomic mass is 19.1. The molecule has 3 amide bonds. The highest BCUT2D eigenvalue weighted by Crippen LogP contribution is 2.25. The fourth-order valence-corrected chi connectivity index (χ4v) is 4.75. The van der Waals surface area contributed by atoms with Crippen LogP contribution >= 0.6 is 0 Å². The first-order valence-electron chi connectivity index (χ1n) is 12.8. The summed E-state index contributed by atoms with van der Waals surface area (Å²) in [5.74, 6) is -2.10. The van der Waals surface area contributed by atoms with Gasteiger partial charge in [0.25, 0.3) is 5.91 Å². The molecule has 10 heteroatoms. The average molecular weight is 539 g/mol. The van der Waals surface area contributed by atoms with Crippen LogP contribution in [0.15, 0.2) is 54.7 Å². The third kappa shape index (κ3) is 6.69. The molecule has 1 aromatic heterocycles. The number of aromatic nitrogens is 1. The minimum Gasteiger partial charge on any atom is -0.381 e. The number of likely N-dealkylation sites (tertiary alicyclic amines) is 1. The van der Waals surface area contributed by atoms with Crippen molar-refractivity contribution in [2.75, 3.05) is 19.6 Å². The molecular formula is C29H32F2N4O4. The van der Waals surface area contributed by atoms with Gasteiger partial charge in [-0.1, -0.05) is 12.1 Å². The summed E-state index contributed by atoms with van der Waals surface area (Å²) in [5, 5.41) is 16.6. The summed E-state index contributed by atoms with van der Waals surface area (Å²) in [4.78, 5) is 43.5. The van der Waals surface area contributed by atoms with Crippen LogP contribution < -0.4 is 10.6 Å². The number of nitrogens with zero attached hydrogens (tertiary/aromatic N) is 1. The lowest BCUT2D eigenvalue weighted by atomic mass is 9.85. The maximum absolute atomic E-state index is 13.7. The molecule has 0 atom stereocenters. The molecule has 1 aliphatic heterocycles. The van der Waals surface area contributed by atoms with Gasteiger partial charge in [-0.15, -0.1) is 0 Å². The van der Waals surface area contributed by atoms with Gasteiger partial charge in [0, 0.05) is 42.8 Å². The van der Waals surface area contributed by atoms with E-state index in [1.165, 1.54) is 67.3 Å². The Hall–Kier alpha value is -4.05. The number of hydrogen-bond acceptors (Lipinski definition) is 4. The predicted molar refractivity (Wildman–Crippen MR) is 143 cm³/mol. The van der Waals surface area contributed by atoms with Crippen LogP contribution in [0.4, 0.5) is 8.78 Å². The fraction of sp³-hybridized carbons (Fsp3) is 0.345. The lowest BCUT2D eigenvalue weighted by Crippen LogP contribution is -2.64. The van der Waals surface area contributed by atoms with Crippen LogP contribution in [0.25, 0.3) is 17.0 Å². The molecule has 39 heavy (non-hydrogen) atoms. The number of fused-ring (bicyclic) bond motifs is 1. The molecule has 0 spiro atoms. The van der Waals surface area contributed by atoms with Crippen LogP contribution in [0, 0.1) is 11.6 Å². The standard InChI is InChI=1S/C29H32F2N4O4/c1-28(2,39)27(38)35-15-12-29(13-16-35,34-25(36)10-5-19-3-6-21(30)7-4-19)26(37)32-14-11-20-18-33-24-9-8-22(31)17-23(20)24/h3-10,17-18,33,39H,11-16H2,1-2H3,(H,32,37)(H,34,36)/b10-5+. The maximum atomic E-state index is 13.7. The molecule has 4 rings (SSSR count). The number of carbonyl (C=O) groups excluding carboxylic acids is 3. The Balaban J connectivity index is 1.46. The highest BCUT2D eigenvalue weighted by molar-refractivity contribution is 5.98. The molecule has 3 aromatic rings. The number of aliphatic hydroxyl groups is 1. The minimum absolute atomic E-state index is 0.148. The first-order valence-corrected chi connectivity index (χ1v) is 12.8. The first kappa shape index (κ1) is 28.0. The van der Waals surface area contributed by atoms with Crippen molar-refractivity contribution >= 4 is 34.7 Å². The van der Waals surface area contributed by atoms with Crippen LogP contribution in [-0.4, -0.2) is 63.5 Å². The second-order valence-corrected chi connectivity index (χ2v) is 10.3. The number of rotatable bonds is 8. The van der Waals surface area contributed by atoms with E-state index in [4.69, 9.17) is 0 Å². The summed E-state index contributed by atoms with van der Waals surface area (Å²) in [6.45, 7) is 3.39. The minimum atomic E-state index is -1.55. The highest BCUT2D eigenvalue weighted by Gasteiger charge is 2.44. The Morgan fingerprint density at radius 2 is 1.74 bits per heavy atom. The molecule has 0 radical (unpaired) electrons. The monoisotopic (exact) mass is 538 g/mol. The molecule has 1 aliphatic rings. The normalized spacial score (nSPS) is 15.5. The summed E-state index contributed by atoms with van der Waals surface area (Å²) in [7, 11) is 0. The number of halogens is 2. The van der Waals surface area contributed by atoms with Gasteiger partial charge >= 0.3 is 0 Å². The molecule has 2 heterocycles. The molecule has 4 N–H and O–H groups in total. The second kappa shape index (κ2) is 11.4. The molecule has 0 saturated carbocycles. The number of benzene rings is 2. The number of amides is 3. The second-order valence-electron chi connectivity index (χ2n) is 10.3. The van der Waals surface area contributed by atoms with Crippen LogP contribution in [-0.2, 0) is 20.8 Å². The van der Waals surface area contributed by atoms with Crippen LogP contribution in [0.3, 0.4) is 0 Å². The summed E-state index contributed by atoms with van der Waals surface area (Å²) in [6.07, 6.45) is 5.30. The molecule has 2 aromatic carbocycles. The van der Waals surface area contributed by atoms with E-state index in [1.54, 1.807) is 12.3 Å². The number of hydrogen-bond donors (Lipinski definition) is 4. The Kier molecular flexibility index (Phi) is 8.15. The zero-order chi connectivity index (χ0) is 28.2. The van der Waals surface area contributed by atoms with Crippen molar-refractivity contribution in [3.05, 3.63) is 77.5 Å². The SMILES string of the molecule is CC(C)(O)C(=O)N1CCC(NC(=O)/C=C/c2ccc(F)cc2)(C(=O)NCCc2c[nH]c3ccc(F)cc23)CC1. The zero-order valence-corrected chi connectivity index (χ0v) is 21.9. The van der Waals surface area contributed by atoms with Crippen molar-refractivity contribution in [1.29, 1.82) is 0 Å². The topological polar surface area (TPSA) is 115 Å². The van der Waals surface area contributed by atoms with Gasteiger partial charge in [-0.05, 0) is 80.6 Å². The summed E-state index contributed by atoms with van der Waals surface area (Å²) in [6, 6.07) is 10.1. The van der Waals surface area contributed by atoms with E-state index in [0.29, 0.717) is 12.0 Å². The Labute approximate surface area is 225 Å². The van der Waals surface area contributed by atoms with Gasteiger partial charge in [-0.3, -0.25) is 14.4 Å². The van der Waals surface area contributed by atoms with Crippen molar-refractivity contribution < 1.29 is 28.3 Å². The number of piperidine rings is 1. The zero-order valence-electron chi connectivity index (χ0n) is 21.9. The number of nitrogens with one attached hydrogen (secondary N) is 3. The molecule has 0 aliphatic carbocycles. The van der Waals surface area contributed by atoms with Gasteiger partial charge in [0.1, 0.15) is 22.8 Å². The van der Waals surface area contributed by atoms with Crippen LogP contribution in [0.2, 0.25) is 0 Å².